The second-order valence-electron chi connectivity index (χ2n) is 3.03. The molecule has 0 aliphatic carbocycles. The average molecular weight is 152 g/mol. The van der Waals surface area contributed by atoms with Crippen molar-refractivity contribution < 1.29 is 0 Å². The average Bonchev–Trinajstić information content (AvgIpc) is 2.01. The molecule has 0 fully saturated rings. The van der Waals surface area contributed by atoms with Crippen LogP contribution in [0.3, 0.4) is 0 Å². The molecule has 0 amide bonds. The van der Waals surface area contributed by atoms with Gasteiger partial charge in [-0.3, -0.25) is 0 Å². The lowest BCUT2D eigenvalue weighted by atomic mass is 10.0. The van der Waals surface area contributed by atoms with Gasteiger partial charge in [0.1, 0.15) is 0 Å². The Morgan fingerprint density at radius 1 is 1.27 bits per heavy atom. The van der Waals surface area contributed by atoms with E-state index in [9.17, 15) is 0 Å². The Bertz CT molecular complexity index is 111. The number of unbranched alkanes of at least 4 members (excludes halogenated alkanes) is 2. The molecule has 0 rings (SSSR count). The predicted molar refractivity (Wildman–Crippen MR) is 52.7 cm³/mol. The first-order valence-electron chi connectivity index (χ1n) is 4.58. The van der Waals surface area contributed by atoms with Gasteiger partial charge >= 0.3 is 0 Å². The Labute approximate surface area is 71.0 Å². The maximum absolute atomic E-state index is 4.03. The topological polar surface area (TPSA) is 0 Å². The Kier molecular flexibility index (Phi) is 7.23. The van der Waals surface area contributed by atoms with Gasteiger partial charge < -0.3 is 0 Å². The van der Waals surface area contributed by atoms with Crippen LogP contribution in [-0.4, -0.2) is 0 Å². The Morgan fingerprint density at radius 3 is 2.45 bits per heavy atom. The first-order valence-corrected chi connectivity index (χ1v) is 4.58. The van der Waals surface area contributed by atoms with Crippen LogP contribution in [-0.2, 0) is 0 Å². The van der Waals surface area contributed by atoms with Crippen LogP contribution in [0.2, 0.25) is 0 Å². The van der Waals surface area contributed by atoms with Crippen LogP contribution in [0.25, 0.3) is 0 Å². The van der Waals surface area contributed by atoms with E-state index in [2.05, 4.69) is 20.1 Å². The normalized spacial score (nSPS) is 9.55. The second kappa shape index (κ2) is 7.59. The van der Waals surface area contributed by atoms with Crippen LogP contribution in [0.5, 0.6) is 0 Å². The molecule has 0 atom stereocenters. The zero-order chi connectivity index (χ0) is 8.53. The Balaban J connectivity index is 3.15. The van der Waals surface area contributed by atoms with Gasteiger partial charge in [-0.2, -0.15) is 0 Å². The highest BCUT2D eigenvalue weighted by Crippen LogP contribution is 2.12. The van der Waals surface area contributed by atoms with Crippen molar-refractivity contribution >= 4 is 0 Å². The summed E-state index contributed by atoms with van der Waals surface area (Å²) in [6, 6.07) is 0. The fourth-order valence-electron chi connectivity index (χ4n) is 1.05. The third-order valence-corrected chi connectivity index (χ3v) is 1.82. The third kappa shape index (κ3) is 7.38. The van der Waals surface area contributed by atoms with Crippen molar-refractivity contribution in [1.29, 1.82) is 0 Å². The molecule has 0 heterocycles. The maximum Gasteiger partial charge on any atom is -0.0320 e. The third-order valence-electron chi connectivity index (χ3n) is 1.82. The van der Waals surface area contributed by atoms with Crippen LogP contribution in [0, 0.1) is 0 Å². The van der Waals surface area contributed by atoms with Gasteiger partial charge in [0.15, 0.2) is 0 Å². The van der Waals surface area contributed by atoms with Crippen molar-refractivity contribution in [3.05, 3.63) is 24.8 Å². The Hall–Kier alpha value is -0.520. The van der Waals surface area contributed by atoms with Crippen molar-refractivity contribution in [1.82, 2.24) is 0 Å². The fraction of sp³-hybridized carbons (Fsp3) is 0.636. The molecule has 0 aromatic carbocycles. The van der Waals surface area contributed by atoms with Gasteiger partial charge in [0.2, 0.25) is 0 Å². The summed E-state index contributed by atoms with van der Waals surface area (Å²) >= 11 is 0. The molecule has 0 N–H and O–H groups in total. The van der Waals surface area contributed by atoms with Crippen LogP contribution in [0.1, 0.15) is 45.4 Å². The molecule has 64 valence electrons. The van der Waals surface area contributed by atoms with E-state index in [-0.39, 0.29) is 0 Å². The predicted octanol–water partition coefficient (Wildman–Crippen LogP) is 4.09. The van der Waals surface area contributed by atoms with Crippen LogP contribution in [0.4, 0.5) is 0 Å². The van der Waals surface area contributed by atoms with Gasteiger partial charge in [-0.15, -0.1) is 6.58 Å². The van der Waals surface area contributed by atoms with Crippen molar-refractivity contribution in [2.24, 2.45) is 0 Å². The molecule has 0 aromatic heterocycles. The zero-order valence-electron chi connectivity index (χ0n) is 7.73. The van der Waals surface area contributed by atoms with E-state index < -0.39 is 0 Å². The summed E-state index contributed by atoms with van der Waals surface area (Å²) in [4.78, 5) is 0. The quantitative estimate of drug-likeness (QED) is 0.381. The molecule has 0 saturated heterocycles. The molecule has 0 aromatic rings. The largest absolute Gasteiger partial charge is 0.103 e. The first kappa shape index (κ1) is 10.5. The summed E-state index contributed by atoms with van der Waals surface area (Å²) in [7, 11) is 0. The lowest BCUT2D eigenvalue weighted by Crippen LogP contribution is -1.82. The number of rotatable bonds is 7. The van der Waals surface area contributed by atoms with Crippen LogP contribution in [0.15, 0.2) is 24.8 Å². The number of hydrogen-bond donors (Lipinski definition) is 0. The highest BCUT2D eigenvalue weighted by molar-refractivity contribution is 4.93. The minimum Gasteiger partial charge on any atom is -0.103 e. The molecule has 0 unspecified atom stereocenters. The van der Waals surface area contributed by atoms with Crippen molar-refractivity contribution in [3.8, 4) is 0 Å². The van der Waals surface area contributed by atoms with Crippen molar-refractivity contribution in [2.45, 2.75) is 45.4 Å². The molecule has 11 heavy (non-hydrogen) atoms. The van der Waals surface area contributed by atoms with E-state index in [4.69, 9.17) is 0 Å². The lowest BCUT2D eigenvalue weighted by molar-refractivity contribution is 0.730. The van der Waals surface area contributed by atoms with E-state index in [0.29, 0.717) is 0 Å². The molecule has 0 aliphatic heterocycles. The minimum absolute atomic E-state index is 1.13. The molecule has 0 spiro atoms. The first-order chi connectivity index (χ1) is 5.31. The SMILES string of the molecule is C=CCCCC(=C)CCCC. The van der Waals surface area contributed by atoms with Crippen LogP contribution < -0.4 is 0 Å². The van der Waals surface area contributed by atoms with Gasteiger partial charge in [0.05, 0.1) is 0 Å². The van der Waals surface area contributed by atoms with Gasteiger partial charge in [0, 0.05) is 0 Å². The highest BCUT2D eigenvalue weighted by Gasteiger charge is 1.92. The molecule has 0 radical (unpaired) electrons. The summed E-state index contributed by atoms with van der Waals surface area (Å²) in [5.74, 6) is 0. The molecule has 0 aliphatic rings. The lowest BCUT2D eigenvalue weighted by Gasteiger charge is -2.02. The number of hydrogen-bond acceptors (Lipinski definition) is 0. The van der Waals surface area contributed by atoms with Crippen LogP contribution >= 0.6 is 0 Å². The van der Waals surface area contributed by atoms with Gasteiger partial charge in [-0.25, -0.2) is 0 Å². The summed E-state index contributed by atoms with van der Waals surface area (Å²) in [6.07, 6.45) is 9.32. The van der Waals surface area contributed by atoms with Gasteiger partial charge in [-0.05, 0) is 32.1 Å². The fourth-order valence-corrected chi connectivity index (χ4v) is 1.05. The smallest absolute Gasteiger partial charge is 0.0320 e. The maximum atomic E-state index is 4.03. The standard InChI is InChI=1S/C11H20/c1-4-6-8-10-11(3)9-7-5-2/h4H,1,3,5-10H2,2H3. The second-order valence-corrected chi connectivity index (χ2v) is 3.03. The minimum atomic E-state index is 1.13. The van der Waals surface area contributed by atoms with Gasteiger partial charge in [0.25, 0.3) is 0 Å². The molecule has 0 saturated carbocycles. The summed E-state index contributed by atoms with van der Waals surface area (Å²) < 4.78 is 0. The number of allylic oxidation sites excluding steroid dienone is 2. The zero-order valence-corrected chi connectivity index (χ0v) is 7.73. The summed E-state index contributed by atoms with van der Waals surface area (Å²) in [5, 5.41) is 0. The van der Waals surface area contributed by atoms with Gasteiger partial charge in [-0.1, -0.05) is 31.6 Å². The van der Waals surface area contributed by atoms with E-state index in [1.807, 2.05) is 6.08 Å². The van der Waals surface area contributed by atoms with E-state index in [1.54, 1.807) is 0 Å². The molecule has 0 bridgehead atoms. The molecule has 0 nitrogen and oxygen atoms in total. The Morgan fingerprint density at radius 2 is 1.91 bits per heavy atom. The van der Waals surface area contributed by atoms with Crippen molar-refractivity contribution in [3.63, 3.8) is 0 Å². The van der Waals surface area contributed by atoms with E-state index >= 15 is 0 Å². The van der Waals surface area contributed by atoms with E-state index in [0.717, 1.165) is 6.42 Å². The molecular weight excluding hydrogens is 132 g/mol. The monoisotopic (exact) mass is 152 g/mol. The molecule has 0 heteroatoms. The summed E-state index contributed by atoms with van der Waals surface area (Å²) in [5.41, 5.74) is 1.41. The molecular formula is C11H20. The summed E-state index contributed by atoms with van der Waals surface area (Å²) in [6.45, 7) is 9.94. The van der Waals surface area contributed by atoms with Crippen molar-refractivity contribution in [2.75, 3.05) is 0 Å². The highest BCUT2D eigenvalue weighted by atomic mass is 14.0. The van der Waals surface area contributed by atoms with E-state index in [1.165, 1.54) is 37.7 Å².